The zero-order chi connectivity index (χ0) is 16.8. The molecule has 0 amide bonds. The Bertz CT molecular complexity index is 683. The molecule has 1 N–H and O–H groups in total. The molecule has 1 saturated heterocycles. The number of hydrogen-bond donors (Lipinski definition) is 0. The van der Waals surface area contributed by atoms with Gasteiger partial charge in [-0.3, -0.25) is 9.91 Å². The average Bonchev–Trinajstić information content (AvgIpc) is 2.67. The van der Waals surface area contributed by atoms with Crippen LogP contribution >= 0.6 is 0 Å². The number of piperazine rings is 1. The molecule has 0 unspecified atom stereocenters. The van der Waals surface area contributed by atoms with Crippen molar-refractivity contribution < 1.29 is 14.5 Å². The van der Waals surface area contributed by atoms with E-state index in [1.165, 1.54) is 0 Å². The van der Waals surface area contributed by atoms with E-state index in [4.69, 9.17) is 9.47 Å². The second-order valence-corrected chi connectivity index (χ2v) is 5.55. The van der Waals surface area contributed by atoms with Crippen molar-refractivity contribution in [3.05, 3.63) is 48.2 Å². The van der Waals surface area contributed by atoms with E-state index in [2.05, 4.69) is 26.1 Å². The second-order valence-electron chi connectivity index (χ2n) is 5.55. The summed E-state index contributed by atoms with van der Waals surface area (Å²) in [6.45, 7) is 3.69. The van der Waals surface area contributed by atoms with Crippen molar-refractivity contribution in [3.63, 3.8) is 0 Å². The van der Waals surface area contributed by atoms with Gasteiger partial charge < -0.3 is 9.47 Å². The lowest BCUT2D eigenvalue weighted by Gasteiger charge is -2.28. The minimum absolute atomic E-state index is 0.714. The molecule has 1 aliphatic heterocycles. The Hall–Kier alpha value is -2.76. The standard InChI is InChI=1S/C18H22N4O2/c1-23-16-7-6-15(13-17(16)24-2)14-20-22-11-9-21(10-12-22)18-5-3-4-8-19-18/h3-8,13-14H,9-12H2,1-2H3/p+1. The van der Waals surface area contributed by atoms with Crippen molar-refractivity contribution in [2.24, 2.45) is 5.10 Å². The van der Waals surface area contributed by atoms with E-state index in [1.807, 2.05) is 42.7 Å². The molecule has 0 bridgehead atoms. The molecule has 6 heteroatoms. The van der Waals surface area contributed by atoms with Crippen molar-refractivity contribution in [2.75, 3.05) is 45.3 Å². The predicted octanol–water partition coefficient (Wildman–Crippen LogP) is 1.67. The molecule has 0 spiro atoms. The molecule has 1 aliphatic rings. The normalized spacial score (nSPS) is 14.9. The lowest BCUT2D eigenvalue weighted by molar-refractivity contribution is -0.364. The molecular weight excluding hydrogens is 304 g/mol. The number of anilines is 1. The molecule has 0 radical (unpaired) electrons. The summed E-state index contributed by atoms with van der Waals surface area (Å²) >= 11 is 0. The van der Waals surface area contributed by atoms with E-state index in [1.54, 1.807) is 14.2 Å². The lowest BCUT2D eigenvalue weighted by Crippen LogP contribution is -2.45. The molecule has 0 saturated carbocycles. The SMILES string of the molecule is COc1ccc(C=NN2CCN(c3cccc[nH+]3)CC2)cc1OC. The van der Waals surface area contributed by atoms with Gasteiger partial charge in [-0.05, 0) is 29.8 Å². The minimum atomic E-state index is 0.714. The summed E-state index contributed by atoms with van der Waals surface area (Å²) in [7, 11) is 3.27. The van der Waals surface area contributed by atoms with Crippen LogP contribution in [0.1, 0.15) is 5.56 Å². The van der Waals surface area contributed by atoms with E-state index in [9.17, 15) is 0 Å². The first-order valence-corrected chi connectivity index (χ1v) is 8.03. The van der Waals surface area contributed by atoms with Crippen molar-refractivity contribution in [1.82, 2.24) is 5.01 Å². The molecule has 0 atom stereocenters. The molecule has 1 aromatic heterocycles. The fourth-order valence-corrected chi connectivity index (χ4v) is 2.71. The number of aromatic amines is 1. The van der Waals surface area contributed by atoms with Crippen molar-refractivity contribution in [2.45, 2.75) is 0 Å². The van der Waals surface area contributed by atoms with Crippen molar-refractivity contribution in [3.8, 4) is 11.5 Å². The molecule has 24 heavy (non-hydrogen) atoms. The third-order valence-corrected chi connectivity index (χ3v) is 4.07. The summed E-state index contributed by atoms with van der Waals surface area (Å²) in [5.41, 5.74) is 0.992. The fraction of sp³-hybridized carbons (Fsp3) is 0.333. The van der Waals surface area contributed by atoms with E-state index >= 15 is 0 Å². The Kier molecular flexibility index (Phi) is 5.15. The van der Waals surface area contributed by atoms with Crippen LogP contribution in [-0.2, 0) is 0 Å². The van der Waals surface area contributed by atoms with Crippen LogP contribution in [-0.4, -0.2) is 51.6 Å². The summed E-state index contributed by atoms with van der Waals surface area (Å²) < 4.78 is 10.6. The fourth-order valence-electron chi connectivity index (χ4n) is 2.71. The number of nitrogens with zero attached hydrogens (tertiary/aromatic N) is 3. The average molecular weight is 327 g/mol. The molecule has 1 aromatic carbocycles. The first-order chi connectivity index (χ1) is 11.8. The van der Waals surface area contributed by atoms with Gasteiger partial charge in [-0.25, -0.2) is 4.98 Å². The highest BCUT2D eigenvalue weighted by Crippen LogP contribution is 2.26. The number of benzene rings is 1. The largest absolute Gasteiger partial charge is 0.493 e. The number of rotatable bonds is 5. The number of H-pyrrole nitrogens is 1. The van der Waals surface area contributed by atoms with Gasteiger partial charge in [-0.1, -0.05) is 6.07 Å². The van der Waals surface area contributed by atoms with Crippen LogP contribution in [0.15, 0.2) is 47.7 Å². The molecule has 0 aliphatic carbocycles. The molecule has 2 aromatic rings. The Morgan fingerprint density at radius 1 is 1.00 bits per heavy atom. The van der Waals surface area contributed by atoms with E-state index in [0.29, 0.717) is 5.75 Å². The predicted molar refractivity (Wildman–Crippen MR) is 93.9 cm³/mol. The summed E-state index contributed by atoms with van der Waals surface area (Å²) in [5, 5.41) is 6.68. The van der Waals surface area contributed by atoms with Gasteiger partial charge in [0.2, 0.25) is 0 Å². The Morgan fingerprint density at radius 3 is 2.46 bits per heavy atom. The Morgan fingerprint density at radius 2 is 1.79 bits per heavy atom. The minimum Gasteiger partial charge on any atom is -0.493 e. The van der Waals surface area contributed by atoms with Crippen LogP contribution in [0.4, 0.5) is 5.82 Å². The summed E-state index contributed by atoms with van der Waals surface area (Å²) in [5.74, 6) is 2.59. The van der Waals surface area contributed by atoms with Gasteiger partial charge in [0.1, 0.15) is 13.1 Å². The number of aromatic nitrogens is 1. The lowest BCUT2D eigenvalue weighted by atomic mass is 10.2. The molecule has 1 fully saturated rings. The number of pyridine rings is 1. The van der Waals surface area contributed by atoms with Gasteiger partial charge >= 0.3 is 0 Å². The maximum atomic E-state index is 5.32. The number of ether oxygens (including phenoxy) is 2. The quantitative estimate of drug-likeness (QED) is 0.784. The summed E-state index contributed by atoms with van der Waals surface area (Å²) in [6, 6.07) is 11.9. The van der Waals surface area contributed by atoms with Gasteiger partial charge in [0.15, 0.2) is 11.5 Å². The highest BCUT2D eigenvalue weighted by molar-refractivity contribution is 5.80. The third-order valence-electron chi connectivity index (χ3n) is 4.07. The Labute approximate surface area is 142 Å². The molecule has 126 valence electrons. The van der Waals surface area contributed by atoms with Gasteiger partial charge in [0, 0.05) is 6.07 Å². The van der Waals surface area contributed by atoms with Crippen molar-refractivity contribution in [1.29, 1.82) is 0 Å². The van der Waals surface area contributed by atoms with Gasteiger partial charge in [-0.15, -0.1) is 0 Å². The monoisotopic (exact) mass is 327 g/mol. The first-order valence-electron chi connectivity index (χ1n) is 8.03. The number of hydrogen-bond acceptors (Lipinski definition) is 5. The maximum Gasteiger partial charge on any atom is 0.274 e. The van der Waals surface area contributed by atoms with Crippen LogP contribution in [0.2, 0.25) is 0 Å². The highest BCUT2D eigenvalue weighted by atomic mass is 16.5. The van der Waals surface area contributed by atoms with Crippen LogP contribution in [0.3, 0.4) is 0 Å². The highest BCUT2D eigenvalue weighted by Gasteiger charge is 2.21. The van der Waals surface area contributed by atoms with Crippen LogP contribution < -0.4 is 19.4 Å². The molecule has 2 heterocycles. The van der Waals surface area contributed by atoms with Crippen LogP contribution in [0, 0.1) is 0 Å². The first kappa shape index (κ1) is 16.1. The maximum absolute atomic E-state index is 5.32. The summed E-state index contributed by atoms with van der Waals surface area (Å²) in [4.78, 5) is 5.61. The van der Waals surface area contributed by atoms with Gasteiger partial charge in [0.05, 0.1) is 39.7 Å². The van der Waals surface area contributed by atoms with Crippen LogP contribution in [0.5, 0.6) is 11.5 Å². The van der Waals surface area contributed by atoms with E-state index in [-0.39, 0.29) is 0 Å². The number of methoxy groups -OCH3 is 2. The summed E-state index contributed by atoms with van der Waals surface area (Å²) in [6.07, 6.45) is 3.82. The topological polar surface area (TPSA) is 51.4 Å². The number of nitrogens with one attached hydrogen (secondary N) is 1. The second kappa shape index (κ2) is 7.68. The van der Waals surface area contributed by atoms with Gasteiger partial charge in [0.25, 0.3) is 5.82 Å². The number of hydrazone groups is 1. The van der Waals surface area contributed by atoms with E-state index in [0.717, 1.165) is 43.3 Å². The zero-order valence-corrected chi connectivity index (χ0v) is 14.1. The van der Waals surface area contributed by atoms with Gasteiger partial charge in [-0.2, -0.15) is 5.10 Å². The zero-order valence-electron chi connectivity index (χ0n) is 14.1. The molecule has 6 nitrogen and oxygen atoms in total. The molecule has 3 rings (SSSR count). The Balaban J connectivity index is 1.59. The third kappa shape index (κ3) is 3.76. The smallest absolute Gasteiger partial charge is 0.274 e. The van der Waals surface area contributed by atoms with E-state index < -0.39 is 0 Å². The van der Waals surface area contributed by atoms with Crippen molar-refractivity contribution >= 4 is 12.0 Å². The molecular formula is C18H23N4O2+. The van der Waals surface area contributed by atoms with Crippen LogP contribution in [0.25, 0.3) is 0 Å².